The number of carboxylic acids is 1. The molecule has 0 aromatic carbocycles. The fourth-order valence-corrected chi connectivity index (χ4v) is 5.31. The maximum absolute atomic E-state index is 11.6. The van der Waals surface area contributed by atoms with Crippen molar-refractivity contribution in [2.75, 3.05) is 6.61 Å². The highest BCUT2D eigenvalue weighted by atomic mass is 16.5. The summed E-state index contributed by atoms with van der Waals surface area (Å²) in [6, 6.07) is 0. The van der Waals surface area contributed by atoms with Gasteiger partial charge in [0.1, 0.15) is 6.61 Å². The molecule has 0 aliphatic heterocycles. The summed E-state index contributed by atoms with van der Waals surface area (Å²) in [4.78, 5) is 23.0. The fourth-order valence-electron chi connectivity index (χ4n) is 5.31. The molecule has 0 saturated heterocycles. The molecule has 0 aliphatic rings. The van der Waals surface area contributed by atoms with Crippen LogP contribution in [-0.2, 0) is 14.3 Å². The molecule has 0 spiro atoms. The van der Waals surface area contributed by atoms with Crippen LogP contribution < -0.4 is 0 Å². The summed E-state index contributed by atoms with van der Waals surface area (Å²) in [7, 11) is 0. The lowest BCUT2D eigenvalue weighted by Crippen LogP contribution is -2.19. The van der Waals surface area contributed by atoms with Gasteiger partial charge in [0, 0.05) is 0 Å². The summed E-state index contributed by atoms with van der Waals surface area (Å²) in [5, 5.41) is 9.30. The Morgan fingerprint density at radius 3 is 1.38 bits per heavy atom. The average molecular weight is 563 g/mol. The molecule has 40 heavy (non-hydrogen) atoms. The van der Waals surface area contributed by atoms with Crippen molar-refractivity contribution < 1.29 is 19.4 Å². The quantitative estimate of drug-likeness (QED) is 0.0503. The van der Waals surface area contributed by atoms with Gasteiger partial charge in [0.25, 0.3) is 0 Å². The van der Waals surface area contributed by atoms with E-state index in [0.29, 0.717) is 6.42 Å². The Labute approximate surface area is 248 Å². The molecule has 0 aromatic heterocycles. The lowest BCUT2D eigenvalue weighted by atomic mass is 9.98. The monoisotopic (exact) mass is 562 g/mol. The molecule has 0 fully saturated rings. The van der Waals surface area contributed by atoms with Gasteiger partial charge >= 0.3 is 11.9 Å². The second-order valence-corrected chi connectivity index (χ2v) is 11.8. The Morgan fingerprint density at radius 2 is 1.00 bits per heavy atom. The number of hydrogen-bond donors (Lipinski definition) is 1. The molecule has 0 heterocycles. The minimum Gasteiger partial charge on any atom is -0.481 e. The molecule has 0 saturated carbocycles. The van der Waals surface area contributed by atoms with Crippen LogP contribution in [0.1, 0.15) is 180 Å². The molecule has 0 radical (unpaired) electrons. The highest BCUT2D eigenvalue weighted by Crippen LogP contribution is 2.17. The lowest BCUT2D eigenvalue weighted by molar-refractivity contribution is -0.151. The van der Waals surface area contributed by atoms with Crippen LogP contribution in [-0.4, -0.2) is 23.7 Å². The van der Waals surface area contributed by atoms with E-state index in [9.17, 15) is 14.7 Å². The van der Waals surface area contributed by atoms with Crippen LogP contribution in [0, 0.1) is 5.92 Å². The van der Waals surface area contributed by atoms with Gasteiger partial charge in [-0.1, -0.05) is 167 Å². The van der Waals surface area contributed by atoms with E-state index in [2.05, 4.69) is 25.7 Å². The van der Waals surface area contributed by atoms with Gasteiger partial charge in [-0.2, -0.15) is 0 Å². The van der Waals surface area contributed by atoms with Crippen molar-refractivity contribution in [1.29, 1.82) is 0 Å². The third kappa shape index (κ3) is 29.4. The number of aliphatic carboxylic acids is 1. The molecule has 4 nitrogen and oxygen atoms in total. The number of carboxylic acid groups (broad SMARTS) is 1. The van der Waals surface area contributed by atoms with Gasteiger partial charge in [0.05, 0.1) is 12.3 Å². The number of ether oxygens (including phenoxy) is 1. The Bertz CT molecular complexity index is 598. The van der Waals surface area contributed by atoms with Gasteiger partial charge in [-0.05, 0) is 32.1 Å². The third-order valence-electron chi connectivity index (χ3n) is 7.94. The molecule has 1 N–H and O–H groups in total. The minimum atomic E-state index is -0.916. The smallest absolute Gasteiger partial charge is 0.307 e. The third-order valence-corrected chi connectivity index (χ3v) is 7.94. The van der Waals surface area contributed by atoms with Gasteiger partial charge in [-0.15, -0.1) is 0 Å². The second kappa shape index (κ2) is 31.9. The first-order valence-corrected chi connectivity index (χ1v) is 17.3. The number of hydrogen-bond acceptors (Lipinski definition) is 3. The lowest BCUT2D eigenvalue weighted by Gasteiger charge is -2.11. The van der Waals surface area contributed by atoms with Crippen molar-refractivity contribution in [2.45, 2.75) is 180 Å². The van der Waals surface area contributed by atoms with E-state index in [1.165, 1.54) is 141 Å². The summed E-state index contributed by atoms with van der Waals surface area (Å²) in [6.45, 7) is 5.91. The standard InChI is InChI=1S/C36H66O4/c1-3-5-6-7-8-9-10-11-12-13-14-15-16-17-18-19-20-21-22-23-24-25-26-27-28-29-30-31-34(36(38)39)33-35(37)40-32-4-2/h4,26-27,34H,2-3,5-25,28-33H2,1H3,(H,38,39)/b27-26+. The zero-order valence-electron chi connectivity index (χ0n) is 26.5. The van der Waals surface area contributed by atoms with Crippen molar-refractivity contribution in [2.24, 2.45) is 5.92 Å². The molecule has 0 rings (SSSR count). The van der Waals surface area contributed by atoms with Crippen LogP contribution in [0.25, 0.3) is 0 Å². The molecule has 1 unspecified atom stereocenters. The number of carbonyl (C=O) groups is 2. The van der Waals surface area contributed by atoms with Crippen molar-refractivity contribution in [3.8, 4) is 0 Å². The molecule has 234 valence electrons. The molecule has 0 amide bonds. The normalized spacial score (nSPS) is 12.1. The maximum atomic E-state index is 11.6. The number of rotatable bonds is 32. The van der Waals surface area contributed by atoms with Gasteiger partial charge in [0.2, 0.25) is 0 Å². The predicted molar refractivity (Wildman–Crippen MR) is 172 cm³/mol. The predicted octanol–water partition coefficient (Wildman–Crippen LogP) is 11.5. The largest absolute Gasteiger partial charge is 0.481 e. The van der Waals surface area contributed by atoms with E-state index in [-0.39, 0.29) is 13.0 Å². The average Bonchev–Trinajstić information content (AvgIpc) is 2.94. The number of allylic oxidation sites excluding steroid dienone is 2. The maximum Gasteiger partial charge on any atom is 0.307 e. The zero-order valence-corrected chi connectivity index (χ0v) is 26.5. The number of unbranched alkanes of at least 4 members (excludes halogenated alkanes) is 23. The van der Waals surface area contributed by atoms with Crippen LogP contribution in [0.3, 0.4) is 0 Å². The van der Waals surface area contributed by atoms with E-state index in [1.54, 1.807) is 0 Å². The topological polar surface area (TPSA) is 63.6 Å². The Hall–Kier alpha value is -1.58. The summed E-state index contributed by atoms with van der Waals surface area (Å²) >= 11 is 0. The van der Waals surface area contributed by atoms with Crippen LogP contribution in [0.15, 0.2) is 24.8 Å². The van der Waals surface area contributed by atoms with Crippen LogP contribution in [0.5, 0.6) is 0 Å². The zero-order chi connectivity index (χ0) is 29.4. The Kier molecular flexibility index (Phi) is 30.7. The van der Waals surface area contributed by atoms with Gasteiger partial charge in [-0.25, -0.2) is 0 Å². The fraction of sp³-hybridized carbons (Fsp3) is 0.833. The van der Waals surface area contributed by atoms with E-state index >= 15 is 0 Å². The summed E-state index contributed by atoms with van der Waals surface area (Å²) in [5.74, 6) is -2.03. The SMILES string of the molecule is C=CCOC(=O)CC(CCCC/C=C/CCCCCCCCCCCCCCCCCCCCCCC)C(=O)O. The van der Waals surface area contributed by atoms with Gasteiger partial charge in [-0.3, -0.25) is 9.59 Å². The summed E-state index contributed by atoms with van der Waals surface area (Å²) < 4.78 is 4.90. The second-order valence-electron chi connectivity index (χ2n) is 11.8. The summed E-state index contributed by atoms with van der Waals surface area (Å²) in [6.07, 6.45) is 40.1. The van der Waals surface area contributed by atoms with Gasteiger partial charge in [0.15, 0.2) is 0 Å². The first kappa shape index (κ1) is 38.4. The first-order chi connectivity index (χ1) is 19.6. The minimum absolute atomic E-state index is 0.0571. The molecular formula is C36H66O4. The Morgan fingerprint density at radius 1 is 0.625 bits per heavy atom. The molecule has 0 bridgehead atoms. The molecule has 1 atom stereocenters. The first-order valence-electron chi connectivity index (χ1n) is 17.3. The van der Waals surface area contributed by atoms with Crippen molar-refractivity contribution in [3.63, 3.8) is 0 Å². The van der Waals surface area contributed by atoms with Crippen molar-refractivity contribution in [1.82, 2.24) is 0 Å². The van der Waals surface area contributed by atoms with Crippen LogP contribution in [0.2, 0.25) is 0 Å². The van der Waals surface area contributed by atoms with Crippen LogP contribution >= 0.6 is 0 Å². The van der Waals surface area contributed by atoms with Crippen molar-refractivity contribution in [3.05, 3.63) is 24.8 Å². The molecular weight excluding hydrogens is 496 g/mol. The van der Waals surface area contributed by atoms with E-state index in [0.717, 1.165) is 25.7 Å². The molecule has 4 heteroatoms. The van der Waals surface area contributed by atoms with E-state index < -0.39 is 17.9 Å². The highest BCUT2D eigenvalue weighted by Gasteiger charge is 2.21. The van der Waals surface area contributed by atoms with Crippen LogP contribution in [0.4, 0.5) is 0 Å². The number of esters is 1. The van der Waals surface area contributed by atoms with E-state index in [1.807, 2.05) is 0 Å². The highest BCUT2D eigenvalue weighted by molar-refractivity contribution is 5.78. The molecule has 0 aliphatic carbocycles. The van der Waals surface area contributed by atoms with E-state index in [4.69, 9.17) is 4.74 Å². The van der Waals surface area contributed by atoms with Gasteiger partial charge < -0.3 is 9.84 Å². The summed E-state index contributed by atoms with van der Waals surface area (Å²) in [5.41, 5.74) is 0. The number of carbonyl (C=O) groups excluding carboxylic acids is 1. The molecule has 0 aromatic rings. The van der Waals surface area contributed by atoms with Crippen molar-refractivity contribution >= 4 is 11.9 Å². The Balaban J connectivity index is 3.33.